The summed E-state index contributed by atoms with van der Waals surface area (Å²) in [6.45, 7) is 0.197. The molecule has 18 heavy (non-hydrogen) atoms. The van der Waals surface area contributed by atoms with Gasteiger partial charge in [-0.05, 0) is 18.2 Å². The van der Waals surface area contributed by atoms with Crippen LogP contribution in [0.3, 0.4) is 0 Å². The minimum absolute atomic E-state index is 0.116. The van der Waals surface area contributed by atoms with Crippen LogP contribution in [0.15, 0.2) is 18.2 Å². The summed E-state index contributed by atoms with van der Waals surface area (Å²) < 4.78 is 10.4. The van der Waals surface area contributed by atoms with Crippen molar-refractivity contribution in [2.45, 2.75) is 6.42 Å². The van der Waals surface area contributed by atoms with E-state index in [1.807, 2.05) is 0 Å². The molecule has 0 aliphatic rings. The van der Waals surface area contributed by atoms with Crippen LogP contribution in [0.25, 0.3) is 0 Å². The number of carbonyl (C=O) groups is 2. The van der Waals surface area contributed by atoms with Gasteiger partial charge >= 0.3 is 5.97 Å². The van der Waals surface area contributed by atoms with E-state index in [0.717, 1.165) is 0 Å². The number of amides is 1. The molecule has 6 heteroatoms. The Balaban J connectivity index is 2.71. The number of hydrogen-bond acceptors (Lipinski definition) is 4. The summed E-state index contributed by atoms with van der Waals surface area (Å²) in [5.74, 6) is -0.431. The first kappa shape index (κ1) is 13.8. The first-order valence-corrected chi connectivity index (χ1v) is 5.33. The van der Waals surface area contributed by atoms with Gasteiger partial charge in [0, 0.05) is 7.05 Å². The lowest BCUT2D eigenvalue weighted by Crippen LogP contribution is -2.20. The third kappa shape index (κ3) is 3.65. The topological polar surface area (TPSA) is 84.9 Å². The summed E-state index contributed by atoms with van der Waals surface area (Å²) >= 11 is 0. The van der Waals surface area contributed by atoms with E-state index in [2.05, 4.69) is 5.32 Å². The van der Waals surface area contributed by atoms with E-state index in [1.54, 1.807) is 7.05 Å². The Labute approximate surface area is 105 Å². The van der Waals surface area contributed by atoms with Crippen molar-refractivity contribution in [2.24, 2.45) is 0 Å². The van der Waals surface area contributed by atoms with Crippen LogP contribution in [0, 0.1) is 0 Å². The smallest absolute Gasteiger partial charge is 0.335 e. The minimum Gasteiger partial charge on any atom is -0.493 e. The molecule has 0 saturated heterocycles. The number of methoxy groups -OCH3 is 1. The zero-order chi connectivity index (χ0) is 13.5. The number of carboxylic acids is 1. The molecule has 0 unspecified atom stereocenters. The lowest BCUT2D eigenvalue weighted by atomic mass is 10.2. The third-order valence-electron chi connectivity index (χ3n) is 2.28. The van der Waals surface area contributed by atoms with E-state index in [4.69, 9.17) is 14.6 Å². The molecule has 0 fully saturated rings. The summed E-state index contributed by atoms with van der Waals surface area (Å²) in [7, 11) is 2.97. The van der Waals surface area contributed by atoms with Crippen molar-refractivity contribution in [2.75, 3.05) is 20.8 Å². The Bertz CT molecular complexity index is 444. The lowest BCUT2D eigenvalue weighted by molar-refractivity contribution is -0.121. The summed E-state index contributed by atoms with van der Waals surface area (Å²) in [6.07, 6.45) is 0.223. The maximum absolute atomic E-state index is 11.0. The second-order valence-electron chi connectivity index (χ2n) is 3.44. The third-order valence-corrected chi connectivity index (χ3v) is 2.28. The Kier molecular flexibility index (Phi) is 4.98. The van der Waals surface area contributed by atoms with E-state index in [-0.39, 0.29) is 24.5 Å². The van der Waals surface area contributed by atoms with Crippen LogP contribution in [-0.4, -0.2) is 37.7 Å². The van der Waals surface area contributed by atoms with Crippen LogP contribution in [0.2, 0.25) is 0 Å². The fraction of sp³-hybridized carbons (Fsp3) is 0.333. The molecule has 0 aliphatic heterocycles. The summed E-state index contributed by atoms with van der Waals surface area (Å²) in [5, 5.41) is 11.3. The average Bonchev–Trinajstić information content (AvgIpc) is 2.38. The van der Waals surface area contributed by atoms with Gasteiger partial charge in [-0.15, -0.1) is 0 Å². The van der Waals surface area contributed by atoms with Gasteiger partial charge in [0.2, 0.25) is 5.91 Å². The Morgan fingerprint density at radius 2 is 2.06 bits per heavy atom. The molecule has 1 rings (SSSR count). The van der Waals surface area contributed by atoms with E-state index < -0.39 is 5.97 Å². The highest BCUT2D eigenvalue weighted by Gasteiger charge is 2.10. The maximum Gasteiger partial charge on any atom is 0.335 e. The average molecular weight is 253 g/mol. The van der Waals surface area contributed by atoms with Crippen LogP contribution in [0.5, 0.6) is 11.5 Å². The standard InChI is InChI=1S/C12H15NO5/c1-13-11(14)5-6-18-9-4-3-8(12(15)16)7-10(9)17-2/h3-4,7H,5-6H2,1-2H3,(H,13,14)(H,15,16). The first-order chi connectivity index (χ1) is 8.58. The molecule has 0 heterocycles. The maximum atomic E-state index is 11.0. The number of benzene rings is 1. The second-order valence-corrected chi connectivity index (χ2v) is 3.44. The number of carboxylic acid groups (broad SMARTS) is 1. The van der Waals surface area contributed by atoms with Crippen LogP contribution in [-0.2, 0) is 4.79 Å². The van der Waals surface area contributed by atoms with Crippen molar-refractivity contribution < 1.29 is 24.2 Å². The van der Waals surface area contributed by atoms with Crippen LogP contribution >= 0.6 is 0 Å². The van der Waals surface area contributed by atoms with Gasteiger partial charge in [0.15, 0.2) is 11.5 Å². The molecular weight excluding hydrogens is 238 g/mol. The molecule has 1 aromatic rings. The molecule has 0 bridgehead atoms. The first-order valence-electron chi connectivity index (χ1n) is 5.33. The van der Waals surface area contributed by atoms with E-state index in [0.29, 0.717) is 11.5 Å². The molecule has 0 spiro atoms. The summed E-state index contributed by atoms with van der Waals surface area (Å²) in [6, 6.07) is 4.30. The number of nitrogens with one attached hydrogen (secondary N) is 1. The molecule has 0 radical (unpaired) electrons. The van der Waals surface area contributed by atoms with Crippen molar-refractivity contribution in [3.8, 4) is 11.5 Å². The number of ether oxygens (including phenoxy) is 2. The normalized spacial score (nSPS) is 9.67. The monoisotopic (exact) mass is 253 g/mol. The summed E-state index contributed by atoms with van der Waals surface area (Å²) in [4.78, 5) is 21.8. The molecule has 0 aromatic heterocycles. The van der Waals surface area contributed by atoms with Crippen LogP contribution in [0.4, 0.5) is 0 Å². The largest absolute Gasteiger partial charge is 0.493 e. The Hall–Kier alpha value is -2.24. The van der Waals surface area contributed by atoms with Crippen molar-refractivity contribution in [1.82, 2.24) is 5.32 Å². The molecule has 0 aliphatic carbocycles. The summed E-state index contributed by atoms with van der Waals surface area (Å²) in [5.41, 5.74) is 0.116. The Morgan fingerprint density at radius 3 is 2.61 bits per heavy atom. The SMILES string of the molecule is CNC(=O)CCOc1ccc(C(=O)O)cc1OC. The zero-order valence-electron chi connectivity index (χ0n) is 10.2. The molecule has 0 saturated carbocycles. The highest BCUT2D eigenvalue weighted by atomic mass is 16.5. The Morgan fingerprint density at radius 1 is 1.33 bits per heavy atom. The van der Waals surface area contributed by atoms with Gasteiger partial charge in [-0.2, -0.15) is 0 Å². The zero-order valence-corrected chi connectivity index (χ0v) is 10.2. The molecule has 98 valence electrons. The predicted octanol–water partition coefficient (Wildman–Crippen LogP) is 0.908. The second kappa shape index (κ2) is 6.48. The molecule has 6 nitrogen and oxygen atoms in total. The predicted molar refractivity (Wildman–Crippen MR) is 64.1 cm³/mol. The van der Waals surface area contributed by atoms with Gasteiger partial charge in [-0.1, -0.05) is 0 Å². The van der Waals surface area contributed by atoms with Gasteiger partial charge in [-0.25, -0.2) is 4.79 Å². The van der Waals surface area contributed by atoms with Gasteiger partial charge in [0.05, 0.1) is 25.7 Å². The van der Waals surface area contributed by atoms with Crippen molar-refractivity contribution >= 4 is 11.9 Å². The van der Waals surface area contributed by atoms with Crippen LogP contribution < -0.4 is 14.8 Å². The van der Waals surface area contributed by atoms with Gasteiger partial charge in [0.1, 0.15) is 0 Å². The van der Waals surface area contributed by atoms with Crippen molar-refractivity contribution in [3.63, 3.8) is 0 Å². The van der Waals surface area contributed by atoms with Crippen LogP contribution in [0.1, 0.15) is 16.8 Å². The fourth-order valence-corrected chi connectivity index (χ4v) is 1.30. The number of aromatic carboxylic acids is 1. The molecular formula is C12H15NO5. The van der Waals surface area contributed by atoms with Crippen molar-refractivity contribution in [3.05, 3.63) is 23.8 Å². The quantitative estimate of drug-likeness (QED) is 0.787. The lowest BCUT2D eigenvalue weighted by Gasteiger charge is -2.10. The van der Waals surface area contributed by atoms with E-state index in [9.17, 15) is 9.59 Å². The molecule has 1 aromatic carbocycles. The number of hydrogen-bond donors (Lipinski definition) is 2. The molecule has 1 amide bonds. The highest BCUT2D eigenvalue weighted by Crippen LogP contribution is 2.28. The molecule has 0 atom stereocenters. The fourth-order valence-electron chi connectivity index (χ4n) is 1.30. The highest BCUT2D eigenvalue weighted by molar-refractivity contribution is 5.88. The molecule has 2 N–H and O–H groups in total. The number of carbonyl (C=O) groups excluding carboxylic acids is 1. The number of rotatable bonds is 6. The van der Waals surface area contributed by atoms with Crippen molar-refractivity contribution in [1.29, 1.82) is 0 Å². The van der Waals surface area contributed by atoms with Gasteiger partial charge in [0.25, 0.3) is 0 Å². The van der Waals surface area contributed by atoms with E-state index in [1.165, 1.54) is 25.3 Å². The van der Waals surface area contributed by atoms with Gasteiger partial charge in [-0.3, -0.25) is 4.79 Å². The van der Waals surface area contributed by atoms with E-state index >= 15 is 0 Å². The minimum atomic E-state index is -1.04. The van der Waals surface area contributed by atoms with Gasteiger partial charge < -0.3 is 19.9 Å².